The minimum atomic E-state index is -0.254. The molecule has 1 aromatic carbocycles. The number of aliphatic imine (C=N–C) groups is 1. The minimum Gasteiger partial charge on any atom is -0.375 e. The Kier molecular flexibility index (Phi) is 9.30. The van der Waals surface area contributed by atoms with E-state index in [1.165, 1.54) is 12.1 Å². The van der Waals surface area contributed by atoms with Crippen LogP contribution < -0.4 is 5.32 Å². The summed E-state index contributed by atoms with van der Waals surface area (Å²) in [6.45, 7) is 3.21. The van der Waals surface area contributed by atoms with Gasteiger partial charge >= 0.3 is 0 Å². The van der Waals surface area contributed by atoms with Crippen molar-refractivity contribution in [2.45, 2.75) is 19.6 Å². The third-order valence-corrected chi connectivity index (χ3v) is 4.43. The Labute approximate surface area is 169 Å². The van der Waals surface area contributed by atoms with E-state index in [4.69, 9.17) is 4.74 Å². The fourth-order valence-corrected chi connectivity index (χ4v) is 2.99. The van der Waals surface area contributed by atoms with Gasteiger partial charge in [-0.2, -0.15) is 0 Å². The van der Waals surface area contributed by atoms with Crippen LogP contribution in [0.3, 0.4) is 0 Å². The Hall–Kier alpha value is -1.26. The smallest absolute Gasteiger partial charge is 0.193 e. The second kappa shape index (κ2) is 10.7. The summed E-state index contributed by atoms with van der Waals surface area (Å²) in [5.41, 5.74) is 1.93. The van der Waals surface area contributed by atoms with Crippen LogP contribution >= 0.6 is 35.3 Å². The summed E-state index contributed by atoms with van der Waals surface area (Å²) in [5.74, 6) is 0.500. The lowest BCUT2D eigenvalue weighted by Crippen LogP contribution is -2.40. The molecule has 1 atom stereocenters. The van der Waals surface area contributed by atoms with Crippen LogP contribution in [-0.2, 0) is 11.3 Å². The third kappa shape index (κ3) is 6.52. The number of hydrogen-bond donors (Lipinski definition) is 1. The summed E-state index contributed by atoms with van der Waals surface area (Å²) in [6, 6.07) is 6.34. The average molecular weight is 478 g/mol. The molecule has 0 aliphatic heterocycles. The molecule has 138 valence electrons. The van der Waals surface area contributed by atoms with Gasteiger partial charge in [-0.25, -0.2) is 9.37 Å². The summed E-state index contributed by atoms with van der Waals surface area (Å²) in [4.78, 5) is 10.8. The summed E-state index contributed by atoms with van der Waals surface area (Å²) in [7, 11) is 5.34. The van der Waals surface area contributed by atoms with E-state index in [-0.39, 0.29) is 35.9 Å². The molecule has 25 heavy (non-hydrogen) atoms. The van der Waals surface area contributed by atoms with Crippen molar-refractivity contribution in [3.8, 4) is 0 Å². The maximum absolute atomic E-state index is 13.0. The highest BCUT2D eigenvalue weighted by atomic mass is 127. The molecular weight excluding hydrogens is 454 g/mol. The van der Waals surface area contributed by atoms with Crippen LogP contribution in [0.15, 0.2) is 34.6 Å². The van der Waals surface area contributed by atoms with Crippen LogP contribution in [0.25, 0.3) is 0 Å². The van der Waals surface area contributed by atoms with Gasteiger partial charge < -0.3 is 15.0 Å². The number of nitrogens with zero attached hydrogens (tertiary/aromatic N) is 3. The van der Waals surface area contributed by atoms with Gasteiger partial charge in [0.25, 0.3) is 0 Å². The molecule has 0 spiro atoms. The van der Waals surface area contributed by atoms with E-state index in [0.717, 1.165) is 22.2 Å². The molecule has 5 nitrogen and oxygen atoms in total. The molecule has 8 heteroatoms. The van der Waals surface area contributed by atoms with E-state index in [1.807, 2.05) is 18.9 Å². The van der Waals surface area contributed by atoms with Gasteiger partial charge in [-0.3, -0.25) is 4.99 Å². The average Bonchev–Trinajstić information content (AvgIpc) is 2.97. The van der Waals surface area contributed by atoms with Gasteiger partial charge in [0.2, 0.25) is 0 Å². The van der Waals surface area contributed by atoms with E-state index in [0.29, 0.717) is 13.1 Å². The lowest BCUT2D eigenvalue weighted by Gasteiger charge is -2.24. The first-order valence-electron chi connectivity index (χ1n) is 7.64. The van der Waals surface area contributed by atoms with Gasteiger partial charge in [0.1, 0.15) is 5.82 Å². The Bertz CT molecular complexity index is 678. The maximum atomic E-state index is 13.0. The molecule has 0 bridgehead atoms. The molecule has 0 aliphatic rings. The number of halogens is 2. The van der Waals surface area contributed by atoms with E-state index in [2.05, 4.69) is 20.7 Å². The normalized spacial score (nSPS) is 12.4. The van der Waals surface area contributed by atoms with Gasteiger partial charge in [-0.05, 0) is 24.6 Å². The van der Waals surface area contributed by atoms with Crippen molar-refractivity contribution in [3.63, 3.8) is 0 Å². The third-order valence-electron chi connectivity index (χ3n) is 3.61. The van der Waals surface area contributed by atoms with E-state index >= 15 is 0 Å². The lowest BCUT2D eigenvalue weighted by atomic mass is 10.1. The number of aryl methyl sites for hydroxylation is 1. The second-order valence-corrected chi connectivity index (χ2v) is 6.48. The molecule has 2 aromatic rings. The maximum Gasteiger partial charge on any atom is 0.193 e. The minimum absolute atomic E-state index is 0. The van der Waals surface area contributed by atoms with Crippen molar-refractivity contribution in [3.05, 3.63) is 51.7 Å². The molecule has 1 heterocycles. The Morgan fingerprint density at radius 1 is 1.40 bits per heavy atom. The van der Waals surface area contributed by atoms with Gasteiger partial charge in [-0.1, -0.05) is 12.1 Å². The highest BCUT2D eigenvalue weighted by molar-refractivity contribution is 14.0. The standard InChI is InChI=1S/C17H23FN4OS.HI/c1-12-21-15(11-24-12)10-22(3)17(19-2)20-9-16(23-4)13-5-7-14(18)8-6-13;/h5-8,11,16H,9-10H2,1-4H3,(H,19,20);1H. The first kappa shape index (κ1) is 21.8. The van der Waals surface area contributed by atoms with Gasteiger partial charge in [-0.15, -0.1) is 35.3 Å². The second-order valence-electron chi connectivity index (χ2n) is 5.42. The molecule has 0 aliphatic carbocycles. The SMILES string of the molecule is CN=C(NCC(OC)c1ccc(F)cc1)N(C)Cc1csc(C)n1.I. The van der Waals surface area contributed by atoms with E-state index in [1.54, 1.807) is 37.6 Å². The molecule has 0 fully saturated rings. The number of methoxy groups -OCH3 is 1. The zero-order chi connectivity index (χ0) is 17.5. The molecule has 2 rings (SSSR count). The molecule has 0 radical (unpaired) electrons. The van der Waals surface area contributed by atoms with Gasteiger partial charge in [0.15, 0.2) is 5.96 Å². The van der Waals surface area contributed by atoms with E-state index in [9.17, 15) is 4.39 Å². The number of ether oxygens (including phenoxy) is 1. The van der Waals surface area contributed by atoms with Crippen molar-refractivity contribution >= 4 is 41.3 Å². The predicted octanol–water partition coefficient (Wildman–Crippen LogP) is 3.60. The zero-order valence-corrected chi connectivity index (χ0v) is 18.0. The largest absolute Gasteiger partial charge is 0.375 e. The van der Waals surface area contributed by atoms with Gasteiger partial charge in [0, 0.05) is 33.1 Å². The molecule has 0 amide bonds. The number of benzene rings is 1. The van der Waals surface area contributed by atoms with Crippen molar-refractivity contribution < 1.29 is 9.13 Å². The number of hydrogen-bond acceptors (Lipinski definition) is 4. The summed E-state index contributed by atoms with van der Waals surface area (Å²) >= 11 is 1.64. The monoisotopic (exact) mass is 478 g/mol. The highest BCUT2D eigenvalue weighted by Gasteiger charge is 2.14. The molecule has 1 N–H and O–H groups in total. The number of aromatic nitrogens is 1. The lowest BCUT2D eigenvalue weighted by molar-refractivity contribution is 0.106. The Morgan fingerprint density at radius 3 is 2.60 bits per heavy atom. The summed E-state index contributed by atoms with van der Waals surface area (Å²) in [5, 5.41) is 6.40. The first-order chi connectivity index (χ1) is 11.5. The van der Waals surface area contributed by atoms with Crippen LogP contribution in [0.1, 0.15) is 22.4 Å². The first-order valence-corrected chi connectivity index (χ1v) is 8.52. The van der Waals surface area contributed by atoms with Crippen LogP contribution in [0, 0.1) is 12.7 Å². The number of nitrogens with one attached hydrogen (secondary N) is 1. The zero-order valence-electron chi connectivity index (χ0n) is 14.8. The van der Waals surface area contributed by atoms with Crippen molar-refractivity contribution in [1.29, 1.82) is 0 Å². The van der Waals surface area contributed by atoms with Crippen molar-refractivity contribution in [2.75, 3.05) is 27.7 Å². The van der Waals surface area contributed by atoms with Crippen LogP contribution in [0.4, 0.5) is 4.39 Å². The summed E-state index contributed by atoms with van der Waals surface area (Å²) < 4.78 is 18.6. The molecule has 0 saturated carbocycles. The molecule has 0 saturated heterocycles. The quantitative estimate of drug-likeness (QED) is 0.392. The summed E-state index contributed by atoms with van der Waals surface area (Å²) in [6.07, 6.45) is -0.183. The van der Waals surface area contributed by atoms with Crippen molar-refractivity contribution in [1.82, 2.24) is 15.2 Å². The number of thiazole rings is 1. The topological polar surface area (TPSA) is 49.8 Å². The molecule has 1 aromatic heterocycles. The van der Waals surface area contributed by atoms with Crippen LogP contribution in [0.5, 0.6) is 0 Å². The Balaban J connectivity index is 0.00000312. The number of guanidine groups is 1. The number of rotatable bonds is 6. The molecular formula is C17H24FIN4OS. The Morgan fingerprint density at radius 2 is 2.08 bits per heavy atom. The van der Waals surface area contributed by atoms with Crippen molar-refractivity contribution in [2.24, 2.45) is 4.99 Å². The van der Waals surface area contributed by atoms with Crippen LogP contribution in [0.2, 0.25) is 0 Å². The molecule has 1 unspecified atom stereocenters. The highest BCUT2D eigenvalue weighted by Crippen LogP contribution is 2.16. The predicted molar refractivity (Wildman–Crippen MR) is 111 cm³/mol. The fourth-order valence-electron chi connectivity index (χ4n) is 2.38. The van der Waals surface area contributed by atoms with Crippen LogP contribution in [-0.4, -0.2) is 43.6 Å². The fraction of sp³-hybridized carbons (Fsp3) is 0.412. The van der Waals surface area contributed by atoms with E-state index < -0.39 is 0 Å². The van der Waals surface area contributed by atoms with Gasteiger partial charge in [0.05, 0.1) is 23.4 Å².